The number of hydrogen-bond acceptors (Lipinski definition) is 3. The first-order chi connectivity index (χ1) is 8.34. The summed E-state index contributed by atoms with van der Waals surface area (Å²) in [6.45, 7) is 8.51. The molecule has 100 valence electrons. The van der Waals surface area contributed by atoms with Crippen LogP contribution in [-0.2, 0) is 14.9 Å². The van der Waals surface area contributed by atoms with Crippen molar-refractivity contribution in [1.29, 1.82) is 0 Å². The minimum Gasteiger partial charge on any atom is -0.481 e. The molecule has 0 aliphatic carbocycles. The van der Waals surface area contributed by atoms with Crippen molar-refractivity contribution in [3.05, 3.63) is 28.2 Å². The van der Waals surface area contributed by atoms with Gasteiger partial charge in [0, 0.05) is 0 Å². The highest BCUT2D eigenvalue weighted by Gasteiger charge is 2.15. The maximum absolute atomic E-state index is 11.2. The second kappa shape index (κ2) is 6.23. The second-order valence-electron chi connectivity index (χ2n) is 4.99. The van der Waals surface area contributed by atoms with Crippen LogP contribution in [0.15, 0.2) is 22.7 Å². The Balaban J connectivity index is 2.72. The van der Waals surface area contributed by atoms with E-state index in [0.717, 1.165) is 4.47 Å². The summed E-state index contributed by atoms with van der Waals surface area (Å²) in [5, 5.41) is 0. The number of carbonyl (C=O) groups excluding carboxylic acids is 1. The van der Waals surface area contributed by atoms with Crippen LogP contribution in [-0.4, -0.2) is 19.2 Å². The van der Waals surface area contributed by atoms with E-state index in [9.17, 15) is 4.79 Å². The molecule has 0 aliphatic rings. The van der Waals surface area contributed by atoms with Gasteiger partial charge in [-0.1, -0.05) is 26.8 Å². The summed E-state index contributed by atoms with van der Waals surface area (Å²) in [6, 6.07) is 5.88. The van der Waals surface area contributed by atoms with Gasteiger partial charge in [-0.3, -0.25) is 0 Å². The predicted octanol–water partition coefficient (Wildman–Crippen LogP) is 3.69. The first kappa shape index (κ1) is 15.0. The molecule has 0 fully saturated rings. The van der Waals surface area contributed by atoms with Gasteiger partial charge >= 0.3 is 5.97 Å². The smallest absolute Gasteiger partial charge is 0.344 e. The van der Waals surface area contributed by atoms with Gasteiger partial charge in [0.25, 0.3) is 0 Å². The zero-order valence-corrected chi connectivity index (χ0v) is 12.8. The standard InChI is InChI=1S/C14H19BrO3/c1-5-17-13(16)9-18-12-7-6-10(8-11(12)15)14(2,3)4/h6-8H,5,9H2,1-4H3. The highest BCUT2D eigenvalue weighted by molar-refractivity contribution is 9.10. The van der Waals surface area contributed by atoms with Crippen LogP contribution >= 0.6 is 15.9 Å². The second-order valence-corrected chi connectivity index (χ2v) is 5.84. The molecule has 0 saturated heterocycles. The van der Waals surface area contributed by atoms with E-state index >= 15 is 0 Å². The van der Waals surface area contributed by atoms with Gasteiger partial charge in [-0.2, -0.15) is 0 Å². The van der Waals surface area contributed by atoms with Crippen molar-refractivity contribution < 1.29 is 14.3 Å². The molecule has 0 unspecified atom stereocenters. The van der Waals surface area contributed by atoms with Crippen molar-refractivity contribution in [1.82, 2.24) is 0 Å². The third-order valence-corrected chi connectivity index (χ3v) is 3.07. The van der Waals surface area contributed by atoms with Crippen molar-refractivity contribution in [3.63, 3.8) is 0 Å². The normalized spacial score (nSPS) is 11.2. The minimum absolute atomic E-state index is 0.0682. The summed E-state index contributed by atoms with van der Waals surface area (Å²) in [7, 11) is 0. The quantitative estimate of drug-likeness (QED) is 0.795. The van der Waals surface area contributed by atoms with E-state index in [4.69, 9.17) is 9.47 Å². The van der Waals surface area contributed by atoms with Gasteiger partial charge in [0.05, 0.1) is 11.1 Å². The Kier molecular flexibility index (Phi) is 5.20. The van der Waals surface area contributed by atoms with E-state index in [-0.39, 0.29) is 18.0 Å². The van der Waals surface area contributed by atoms with E-state index in [0.29, 0.717) is 12.4 Å². The molecule has 0 N–H and O–H groups in total. The van der Waals surface area contributed by atoms with Crippen molar-refractivity contribution in [2.45, 2.75) is 33.1 Å². The lowest BCUT2D eigenvalue weighted by atomic mass is 9.87. The summed E-state index contributed by atoms with van der Waals surface area (Å²) in [6.07, 6.45) is 0. The Morgan fingerprint density at radius 1 is 1.33 bits per heavy atom. The first-order valence-corrected chi connectivity index (χ1v) is 6.72. The first-order valence-electron chi connectivity index (χ1n) is 5.93. The molecule has 1 rings (SSSR count). The molecule has 1 aromatic carbocycles. The molecule has 1 aromatic rings. The summed E-state index contributed by atoms with van der Waals surface area (Å²) in [5.74, 6) is 0.292. The summed E-state index contributed by atoms with van der Waals surface area (Å²) in [4.78, 5) is 11.2. The van der Waals surface area contributed by atoms with E-state index in [2.05, 4.69) is 36.7 Å². The Labute approximate surface area is 117 Å². The molecular formula is C14H19BrO3. The third kappa shape index (κ3) is 4.33. The fraction of sp³-hybridized carbons (Fsp3) is 0.500. The van der Waals surface area contributed by atoms with E-state index in [1.807, 2.05) is 18.2 Å². The van der Waals surface area contributed by atoms with Gasteiger partial charge in [-0.15, -0.1) is 0 Å². The van der Waals surface area contributed by atoms with E-state index < -0.39 is 0 Å². The third-order valence-electron chi connectivity index (χ3n) is 2.45. The Bertz CT molecular complexity index is 422. The average Bonchev–Trinajstić information content (AvgIpc) is 2.26. The Hall–Kier alpha value is -1.03. The highest BCUT2D eigenvalue weighted by atomic mass is 79.9. The number of ether oxygens (including phenoxy) is 2. The maximum atomic E-state index is 11.2. The number of hydrogen-bond donors (Lipinski definition) is 0. The Morgan fingerprint density at radius 3 is 2.50 bits per heavy atom. The molecule has 0 spiro atoms. The fourth-order valence-corrected chi connectivity index (χ4v) is 1.92. The summed E-state index contributed by atoms with van der Waals surface area (Å²) < 4.78 is 11.0. The molecule has 0 heterocycles. The zero-order chi connectivity index (χ0) is 13.8. The van der Waals surface area contributed by atoms with Gasteiger partial charge in [-0.05, 0) is 46.0 Å². The van der Waals surface area contributed by atoms with Crippen molar-refractivity contribution >= 4 is 21.9 Å². The molecule has 0 saturated carbocycles. The SMILES string of the molecule is CCOC(=O)COc1ccc(C(C)(C)C)cc1Br. The van der Waals surface area contributed by atoms with Gasteiger partial charge < -0.3 is 9.47 Å². The lowest BCUT2D eigenvalue weighted by Crippen LogP contribution is -2.15. The minimum atomic E-state index is -0.357. The lowest BCUT2D eigenvalue weighted by molar-refractivity contribution is -0.145. The van der Waals surface area contributed by atoms with Crippen LogP contribution in [0.5, 0.6) is 5.75 Å². The van der Waals surface area contributed by atoms with Crippen LogP contribution < -0.4 is 4.74 Å². The predicted molar refractivity (Wildman–Crippen MR) is 75.0 cm³/mol. The van der Waals surface area contributed by atoms with Crippen molar-refractivity contribution in [3.8, 4) is 5.75 Å². The number of rotatable bonds is 4. The summed E-state index contributed by atoms with van der Waals surface area (Å²) >= 11 is 3.45. The van der Waals surface area contributed by atoms with Crippen LogP contribution in [0.25, 0.3) is 0 Å². The van der Waals surface area contributed by atoms with Gasteiger partial charge in [0.15, 0.2) is 6.61 Å². The maximum Gasteiger partial charge on any atom is 0.344 e. The number of halogens is 1. The largest absolute Gasteiger partial charge is 0.481 e. The van der Waals surface area contributed by atoms with Gasteiger partial charge in [0.2, 0.25) is 0 Å². The number of esters is 1. The van der Waals surface area contributed by atoms with Crippen molar-refractivity contribution in [2.24, 2.45) is 0 Å². The number of carbonyl (C=O) groups is 1. The van der Waals surface area contributed by atoms with Crippen LogP contribution in [0, 0.1) is 0 Å². The molecule has 0 radical (unpaired) electrons. The molecule has 0 aliphatic heterocycles. The lowest BCUT2D eigenvalue weighted by Gasteiger charge is -2.20. The fourth-order valence-electron chi connectivity index (χ4n) is 1.42. The van der Waals surface area contributed by atoms with E-state index in [1.165, 1.54) is 5.56 Å². The van der Waals surface area contributed by atoms with Crippen LogP contribution in [0.3, 0.4) is 0 Å². The molecule has 0 amide bonds. The average molecular weight is 315 g/mol. The molecule has 3 nitrogen and oxygen atoms in total. The summed E-state index contributed by atoms with van der Waals surface area (Å²) in [5.41, 5.74) is 1.29. The van der Waals surface area contributed by atoms with Crippen LogP contribution in [0.1, 0.15) is 33.3 Å². The Morgan fingerprint density at radius 2 is 2.00 bits per heavy atom. The van der Waals surface area contributed by atoms with Gasteiger partial charge in [0.1, 0.15) is 5.75 Å². The molecule has 4 heteroatoms. The van der Waals surface area contributed by atoms with Crippen LogP contribution in [0.2, 0.25) is 0 Å². The zero-order valence-electron chi connectivity index (χ0n) is 11.2. The van der Waals surface area contributed by atoms with Crippen LogP contribution in [0.4, 0.5) is 0 Å². The topological polar surface area (TPSA) is 35.5 Å². The molecule has 0 atom stereocenters. The number of benzene rings is 1. The highest BCUT2D eigenvalue weighted by Crippen LogP contribution is 2.31. The van der Waals surface area contributed by atoms with E-state index in [1.54, 1.807) is 6.92 Å². The molecule has 18 heavy (non-hydrogen) atoms. The van der Waals surface area contributed by atoms with Crippen molar-refractivity contribution in [2.75, 3.05) is 13.2 Å². The molecule has 0 bridgehead atoms. The monoisotopic (exact) mass is 314 g/mol. The molecular weight excluding hydrogens is 296 g/mol. The molecule has 0 aromatic heterocycles. The van der Waals surface area contributed by atoms with Gasteiger partial charge in [-0.25, -0.2) is 4.79 Å².